The summed E-state index contributed by atoms with van der Waals surface area (Å²) in [6.07, 6.45) is 3.04. The van der Waals surface area contributed by atoms with E-state index in [2.05, 4.69) is 10.6 Å². The van der Waals surface area contributed by atoms with Crippen LogP contribution in [0.4, 0.5) is 4.39 Å². The van der Waals surface area contributed by atoms with Gasteiger partial charge in [0.15, 0.2) is 0 Å². The number of amides is 1. The maximum absolute atomic E-state index is 12.9. The lowest BCUT2D eigenvalue weighted by Gasteiger charge is -2.22. The third kappa shape index (κ3) is 4.03. The van der Waals surface area contributed by atoms with E-state index in [1.54, 1.807) is 12.1 Å². The zero-order valence-electron chi connectivity index (χ0n) is 11.4. The smallest absolute Gasteiger partial charge is 0.237 e. The molecule has 3 nitrogen and oxygen atoms in total. The van der Waals surface area contributed by atoms with E-state index in [0.29, 0.717) is 6.04 Å². The third-order valence-corrected chi connectivity index (χ3v) is 3.45. The summed E-state index contributed by atoms with van der Waals surface area (Å²) in [6, 6.07) is 6.64. The van der Waals surface area contributed by atoms with Crippen molar-refractivity contribution in [1.82, 2.24) is 10.6 Å². The fraction of sp³-hybridized carbons (Fsp3) is 0.533. The molecular formula is C15H21FN2O. The van der Waals surface area contributed by atoms with Gasteiger partial charge in [-0.1, -0.05) is 19.1 Å². The summed E-state index contributed by atoms with van der Waals surface area (Å²) in [5, 5.41) is 6.28. The van der Waals surface area contributed by atoms with Gasteiger partial charge in [0.1, 0.15) is 5.82 Å². The van der Waals surface area contributed by atoms with Crippen LogP contribution in [0.15, 0.2) is 24.3 Å². The van der Waals surface area contributed by atoms with Crippen molar-refractivity contribution in [3.63, 3.8) is 0 Å². The summed E-state index contributed by atoms with van der Waals surface area (Å²) in [6.45, 7) is 3.91. The van der Waals surface area contributed by atoms with Gasteiger partial charge >= 0.3 is 0 Å². The van der Waals surface area contributed by atoms with Gasteiger partial charge in [0.25, 0.3) is 0 Å². The monoisotopic (exact) mass is 264 g/mol. The van der Waals surface area contributed by atoms with Crippen molar-refractivity contribution in [2.75, 3.05) is 0 Å². The van der Waals surface area contributed by atoms with Crippen LogP contribution in [0, 0.1) is 5.82 Å². The van der Waals surface area contributed by atoms with Crippen molar-refractivity contribution in [3.8, 4) is 0 Å². The lowest BCUT2D eigenvalue weighted by atomic mass is 10.0. The summed E-state index contributed by atoms with van der Waals surface area (Å²) in [7, 11) is 0. The number of benzene rings is 1. The normalized spacial score (nSPS) is 17.8. The van der Waals surface area contributed by atoms with Crippen molar-refractivity contribution < 1.29 is 9.18 Å². The van der Waals surface area contributed by atoms with E-state index in [1.165, 1.54) is 12.1 Å². The summed E-state index contributed by atoms with van der Waals surface area (Å²) in [4.78, 5) is 11.9. The number of hydrogen-bond donors (Lipinski definition) is 2. The fourth-order valence-electron chi connectivity index (χ4n) is 2.08. The van der Waals surface area contributed by atoms with E-state index in [4.69, 9.17) is 0 Å². The molecule has 0 spiro atoms. The highest BCUT2D eigenvalue weighted by Gasteiger charge is 2.26. The molecule has 1 fully saturated rings. The molecule has 1 aliphatic carbocycles. The van der Waals surface area contributed by atoms with Crippen molar-refractivity contribution in [3.05, 3.63) is 35.6 Å². The van der Waals surface area contributed by atoms with Crippen LogP contribution in [0.2, 0.25) is 0 Å². The summed E-state index contributed by atoms with van der Waals surface area (Å²) >= 11 is 0. The van der Waals surface area contributed by atoms with Gasteiger partial charge in [-0.15, -0.1) is 0 Å². The minimum absolute atomic E-state index is 0.0445. The zero-order chi connectivity index (χ0) is 13.8. The first kappa shape index (κ1) is 14.0. The minimum Gasteiger partial charge on any atom is -0.352 e. The average Bonchev–Trinajstić information content (AvgIpc) is 3.20. The van der Waals surface area contributed by atoms with Gasteiger partial charge in [-0.05, 0) is 43.9 Å². The van der Waals surface area contributed by atoms with Gasteiger partial charge < -0.3 is 5.32 Å². The topological polar surface area (TPSA) is 41.1 Å². The molecule has 1 aromatic rings. The SMILES string of the molecule is CCC(NC(C)C(=O)NC1CC1)c1ccc(F)cc1. The maximum Gasteiger partial charge on any atom is 0.237 e. The van der Waals surface area contributed by atoms with E-state index in [1.807, 2.05) is 13.8 Å². The fourth-order valence-corrected chi connectivity index (χ4v) is 2.08. The standard InChI is InChI=1S/C15H21FN2O/c1-3-14(11-4-6-12(16)7-5-11)17-10(2)15(19)18-13-8-9-13/h4-7,10,13-14,17H,3,8-9H2,1-2H3,(H,18,19). The highest BCUT2D eigenvalue weighted by molar-refractivity contribution is 5.81. The predicted molar refractivity (Wildman–Crippen MR) is 73.2 cm³/mol. The molecule has 1 saturated carbocycles. The van der Waals surface area contributed by atoms with E-state index in [0.717, 1.165) is 24.8 Å². The largest absolute Gasteiger partial charge is 0.352 e. The molecule has 2 N–H and O–H groups in total. The van der Waals surface area contributed by atoms with Gasteiger partial charge in [0, 0.05) is 12.1 Å². The summed E-state index contributed by atoms with van der Waals surface area (Å²) in [5.74, 6) is -0.193. The number of nitrogens with one attached hydrogen (secondary N) is 2. The van der Waals surface area contributed by atoms with Crippen LogP contribution in [-0.2, 0) is 4.79 Å². The Balaban J connectivity index is 1.93. The zero-order valence-corrected chi connectivity index (χ0v) is 11.4. The summed E-state index contributed by atoms with van der Waals surface area (Å²) < 4.78 is 12.9. The molecule has 104 valence electrons. The Morgan fingerprint density at radius 1 is 1.37 bits per heavy atom. The van der Waals surface area contributed by atoms with Crippen LogP contribution >= 0.6 is 0 Å². The third-order valence-electron chi connectivity index (χ3n) is 3.45. The van der Waals surface area contributed by atoms with Crippen molar-refractivity contribution in [2.45, 2.75) is 51.2 Å². The second-order valence-electron chi connectivity index (χ2n) is 5.18. The van der Waals surface area contributed by atoms with Crippen LogP contribution in [0.5, 0.6) is 0 Å². The number of carbonyl (C=O) groups is 1. The molecule has 2 unspecified atom stereocenters. The molecule has 1 aromatic carbocycles. The van der Waals surface area contributed by atoms with E-state index < -0.39 is 0 Å². The molecule has 0 heterocycles. The Labute approximate surface area is 113 Å². The molecule has 0 radical (unpaired) electrons. The van der Waals surface area contributed by atoms with Crippen LogP contribution in [0.1, 0.15) is 44.7 Å². The highest BCUT2D eigenvalue weighted by atomic mass is 19.1. The van der Waals surface area contributed by atoms with E-state index >= 15 is 0 Å². The molecule has 0 aliphatic heterocycles. The minimum atomic E-state index is -0.240. The Morgan fingerprint density at radius 2 is 2.00 bits per heavy atom. The predicted octanol–water partition coefficient (Wildman–Crippen LogP) is 2.53. The molecule has 4 heteroatoms. The lowest BCUT2D eigenvalue weighted by molar-refractivity contribution is -0.123. The first-order valence-electron chi connectivity index (χ1n) is 6.92. The molecule has 0 bridgehead atoms. The van der Waals surface area contributed by atoms with Gasteiger partial charge in [0.2, 0.25) is 5.91 Å². The van der Waals surface area contributed by atoms with E-state index in [-0.39, 0.29) is 23.8 Å². The quantitative estimate of drug-likeness (QED) is 0.829. The van der Waals surface area contributed by atoms with Gasteiger partial charge in [-0.3, -0.25) is 10.1 Å². The molecule has 1 amide bonds. The van der Waals surface area contributed by atoms with Gasteiger partial charge in [-0.2, -0.15) is 0 Å². The Kier molecular flexibility index (Phi) is 4.53. The molecule has 0 saturated heterocycles. The van der Waals surface area contributed by atoms with Crippen molar-refractivity contribution in [2.24, 2.45) is 0 Å². The average molecular weight is 264 g/mol. The van der Waals surface area contributed by atoms with Crippen molar-refractivity contribution >= 4 is 5.91 Å². The molecule has 1 aliphatic rings. The lowest BCUT2D eigenvalue weighted by Crippen LogP contribution is -2.44. The number of hydrogen-bond acceptors (Lipinski definition) is 2. The van der Waals surface area contributed by atoms with Crippen LogP contribution in [0.25, 0.3) is 0 Å². The molecule has 19 heavy (non-hydrogen) atoms. The van der Waals surface area contributed by atoms with Gasteiger partial charge in [0.05, 0.1) is 6.04 Å². The Morgan fingerprint density at radius 3 is 2.53 bits per heavy atom. The maximum atomic E-state index is 12.9. The molecular weight excluding hydrogens is 243 g/mol. The number of carbonyl (C=O) groups excluding carboxylic acids is 1. The van der Waals surface area contributed by atoms with Crippen molar-refractivity contribution in [1.29, 1.82) is 0 Å². The van der Waals surface area contributed by atoms with E-state index in [9.17, 15) is 9.18 Å². The molecule has 0 aromatic heterocycles. The Hall–Kier alpha value is -1.42. The molecule has 2 rings (SSSR count). The number of halogens is 1. The van der Waals surface area contributed by atoms with Crippen LogP contribution in [0.3, 0.4) is 0 Å². The van der Waals surface area contributed by atoms with Crippen LogP contribution in [-0.4, -0.2) is 18.0 Å². The second kappa shape index (κ2) is 6.15. The second-order valence-corrected chi connectivity index (χ2v) is 5.18. The first-order valence-corrected chi connectivity index (χ1v) is 6.92. The highest BCUT2D eigenvalue weighted by Crippen LogP contribution is 2.20. The Bertz CT molecular complexity index is 428. The number of rotatable bonds is 6. The van der Waals surface area contributed by atoms with Gasteiger partial charge in [-0.25, -0.2) is 4.39 Å². The van der Waals surface area contributed by atoms with Crippen LogP contribution < -0.4 is 10.6 Å². The first-order chi connectivity index (χ1) is 9.10. The summed E-state index contributed by atoms with van der Waals surface area (Å²) in [5.41, 5.74) is 1.01. The molecule has 2 atom stereocenters.